The van der Waals surface area contributed by atoms with Crippen molar-refractivity contribution >= 4 is 11.1 Å². The Bertz CT molecular complexity index is 598. The van der Waals surface area contributed by atoms with Crippen molar-refractivity contribution in [1.29, 1.82) is 0 Å². The summed E-state index contributed by atoms with van der Waals surface area (Å²) in [6, 6.07) is 6.68. The van der Waals surface area contributed by atoms with Crippen molar-refractivity contribution in [2.45, 2.75) is 25.8 Å². The zero-order chi connectivity index (χ0) is 13.6. The van der Waals surface area contributed by atoms with Crippen molar-refractivity contribution in [1.82, 2.24) is 9.88 Å². The summed E-state index contributed by atoms with van der Waals surface area (Å²) in [5.74, 6) is 0.716. The van der Waals surface area contributed by atoms with Gasteiger partial charge >= 0.3 is 0 Å². The standard InChI is InChI=1S/C15H21N3O/c1-10-17-12-5-4-11(8-13(12)19-10)14(18(2)3)15(9-16)6-7-15/h4-5,8,14H,6-7,9,16H2,1-3H3. The number of oxazole rings is 1. The molecule has 0 amide bonds. The molecule has 19 heavy (non-hydrogen) atoms. The molecule has 0 bridgehead atoms. The van der Waals surface area contributed by atoms with Crippen LogP contribution in [0.15, 0.2) is 22.6 Å². The number of nitrogens with two attached hydrogens (primary N) is 1. The zero-order valence-corrected chi connectivity index (χ0v) is 11.8. The first-order valence-corrected chi connectivity index (χ1v) is 6.79. The molecular formula is C15H21N3O. The first kappa shape index (κ1) is 12.6. The molecule has 1 aliphatic carbocycles. The molecule has 3 rings (SSSR count). The van der Waals surface area contributed by atoms with Crippen LogP contribution in [0.4, 0.5) is 0 Å². The van der Waals surface area contributed by atoms with Gasteiger partial charge in [0.1, 0.15) is 5.52 Å². The maximum atomic E-state index is 6.00. The van der Waals surface area contributed by atoms with Gasteiger partial charge in [-0.1, -0.05) is 6.07 Å². The van der Waals surface area contributed by atoms with Gasteiger partial charge in [-0.05, 0) is 51.2 Å². The number of nitrogens with zero attached hydrogens (tertiary/aromatic N) is 2. The van der Waals surface area contributed by atoms with Gasteiger partial charge in [-0.25, -0.2) is 4.98 Å². The second-order valence-corrected chi connectivity index (χ2v) is 5.89. The number of rotatable bonds is 4. The lowest BCUT2D eigenvalue weighted by Gasteiger charge is -2.32. The van der Waals surface area contributed by atoms with Crippen LogP contribution in [0.25, 0.3) is 11.1 Å². The van der Waals surface area contributed by atoms with E-state index in [0.717, 1.165) is 17.6 Å². The molecule has 1 aliphatic rings. The molecule has 102 valence electrons. The van der Waals surface area contributed by atoms with Crippen LogP contribution in [0.1, 0.15) is 30.3 Å². The molecule has 2 N–H and O–H groups in total. The van der Waals surface area contributed by atoms with E-state index in [1.165, 1.54) is 18.4 Å². The van der Waals surface area contributed by atoms with Gasteiger partial charge < -0.3 is 15.1 Å². The van der Waals surface area contributed by atoms with E-state index < -0.39 is 0 Å². The van der Waals surface area contributed by atoms with Gasteiger partial charge in [-0.3, -0.25) is 0 Å². The maximum absolute atomic E-state index is 6.00. The summed E-state index contributed by atoms with van der Waals surface area (Å²) in [7, 11) is 4.24. The first-order valence-electron chi connectivity index (χ1n) is 6.79. The Hall–Kier alpha value is -1.39. The molecule has 4 heteroatoms. The number of fused-ring (bicyclic) bond motifs is 1. The van der Waals surface area contributed by atoms with E-state index in [-0.39, 0.29) is 5.41 Å². The molecule has 0 saturated heterocycles. The second kappa shape index (κ2) is 4.32. The van der Waals surface area contributed by atoms with E-state index in [9.17, 15) is 0 Å². The van der Waals surface area contributed by atoms with Crippen molar-refractivity contribution < 1.29 is 4.42 Å². The lowest BCUT2D eigenvalue weighted by Crippen LogP contribution is -2.33. The summed E-state index contributed by atoms with van der Waals surface area (Å²) < 4.78 is 5.64. The topological polar surface area (TPSA) is 55.3 Å². The Morgan fingerprint density at radius 1 is 1.42 bits per heavy atom. The average Bonchev–Trinajstić information content (AvgIpc) is 3.04. The van der Waals surface area contributed by atoms with Gasteiger partial charge in [0.05, 0.1) is 0 Å². The van der Waals surface area contributed by atoms with Crippen LogP contribution in [-0.4, -0.2) is 30.5 Å². The highest BCUT2D eigenvalue weighted by Crippen LogP contribution is 2.56. The van der Waals surface area contributed by atoms with Crippen molar-refractivity contribution in [3.8, 4) is 0 Å². The third-order valence-electron chi connectivity index (χ3n) is 4.23. The minimum atomic E-state index is 0.242. The molecule has 0 spiro atoms. The van der Waals surface area contributed by atoms with Gasteiger partial charge in [0.25, 0.3) is 0 Å². The molecule has 1 unspecified atom stereocenters. The predicted molar refractivity (Wildman–Crippen MR) is 75.9 cm³/mol. The fourth-order valence-electron chi connectivity index (χ4n) is 3.18. The molecule has 1 aromatic heterocycles. The van der Waals surface area contributed by atoms with E-state index in [4.69, 9.17) is 10.2 Å². The summed E-state index contributed by atoms with van der Waals surface area (Å²) in [5, 5.41) is 0. The number of hydrogen-bond donors (Lipinski definition) is 1. The SMILES string of the molecule is Cc1nc2ccc(C(N(C)C)C3(CN)CC3)cc2o1. The quantitative estimate of drug-likeness (QED) is 0.916. The minimum Gasteiger partial charge on any atom is -0.441 e. The lowest BCUT2D eigenvalue weighted by molar-refractivity contribution is 0.198. The number of benzene rings is 1. The average molecular weight is 259 g/mol. The van der Waals surface area contributed by atoms with Crippen LogP contribution in [0.5, 0.6) is 0 Å². The normalized spacial score (nSPS) is 19.0. The summed E-state index contributed by atoms with van der Waals surface area (Å²) in [4.78, 5) is 6.62. The molecule has 4 nitrogen and oxygen atoms in total. The van der Waals surface area contributed by atoms with E-state index in [2.05, 4.69) is 36.1 Å². The lowest BCUT2D eigenvalue weighted by atomic mass is 9.89. The van der Waals surface area contributed by atoms with Crippen molar-refractivity contribution in [2.24, 2.45) is 11.1 Å². The number of hydrogen-bond acceptors (Lipinski definition) is 4. The van der Waals surface area contributed by atoms with Crippen LogP contribution in [0.3, 0.4) is 0 Å². The molecule has 1 fully saturated rings. The van der Waals surface area contributed by atoms with Gasteiger partial charge in [0.15, 0.2) is 11.5 Å². The van der Waals surface area contributed by atoms with Crippen LogP contribution in [0, 0.1) is 12.3 Å². The zero-order valence-electron chi connectivity index (χ0n) is 11.8. The number of aryl methyl sites for hydroxylation is 1. The van der Waals surface area contributed by atoms with E-state index in [0.29, 0.717) is 11.9 Å². The highest BCUT2D eigenvalue weighted by Gasteiger charge is 2.49. The van der Waals surface area contributed by atoms with Gasteiger partial charge in [0.2, 0.25) is 0 Å². The smallest absolute Gasteiger partial charge is 0.192 e. The summed E-state index contributed by atoms with van der Waals surface area (Å²) in [5.41, 5.74) is 9.31. The van der Waals surface area contributed by atoms with Crippen LogP contribution in [-0.2, 0) is 0 Å². The second-order valence-electron chi connectivity index (χ2n) is 5.89. The molecule has 2 aromatic rings. The summed E-state index contributed by atoms with van der Waals surface area (Å²) in [6.07, 6.45) is 2.42. The molecule has 0 radical (unpaired) electrons. The van der Waals surface area contributed by atoms with Crippen molar-refractivity contribution in [2.75, 3.05) is 20.6 Å². The maximum Gasteiger partial charge on any atom is 0.192 e. The van der Waals surface area contributed by atoms with Crippen molar-refractivity contribution in [3.63, 3.8) is 0 Å². The fraction of sp³-hybridized carbons (Fsp3) is 0.533. The van der Waals surface area contributed by atoms with E-state index in [1.807, 2.05) is 13.0 Å². The van der Waals surface area contributed by atoms with E-state index >= 15 is 0 Å². The third-order valence-corrected chi connectivity index (χ3v) is 4.23. The van der Waals surface area contributed by atoms with Crippen LogP contribution in [0.2, 0.25) is 0 Å². The van der Waals surface area contributed by atoms with Crippen LogP contribution < -0.4 is 5.73 Å². The molecular weight excluding hydrogens is 238 g/mol. The fourth-order valence-corrected chi connectivity index (χ4v) is 3.18. The van der Waals surface area contributed by atoms with Gasteiger partial charge in [0, 0.05) is 18.4 Å². The third kappa shape index (κ3) is 2.05. The summed E-state index contributed by atoms with van der Waals surface area (Å²) >= 11 is 0. The number of aromatic nitrogens is 1. The predicted octanol–water partition coefficient (Wildman–Crippen LogP) is 2.48. The first-order chi connectivity index (χ1) is 9.05. The highest BCUT2D eigenvalue weighted by atomic mass is 16.3. The Labute approximate surface area is 113 Å². The van der Waals surface area contributed by atoms with Crippen LogP contribution >= 0.6 is 0 Å². The van der Waals surface area contributed by atoms with E-state index in [1.54, 1.807) is 0 Å². The van der Waals surface area contributed by atoms with Gasteiger partial charge in [-0.15, -0.1) is 0 Å². The Morgan fingerprint density at radius 2 is 2.16 bits per heavy atom. The van der Waals surface area contributed by atoms with Crippen molar-refractivity contribution in [3.05, 3.63) is 29.7 Å². The molecule has 0 aliphatic heterocycles. The highest BCUT2D eigenvalue weighted by molar-refractivity contribution is 5.73. The Kier molecular flexibility index (Phi) is 2.87. The summed E-state index contributed by atoms with van der Waals surface area (Å²) in [6.45, 7) is 2.62. The molecule has 1 saturated carbocycles. The molecule has 1 atom stereocenters. The molecule has 1 heterocycles. The minimum absolute atomic E-state index is 0.242. The Balaban J connectivity index is 2.05. The monoisotopic (exact) mass is 259 g/mol. The Morgan fingerprint density at radius 3 is 2.74 bits per heavy atom. The molecule has 1 aromatic carbocycles. The largest absolute Gasteiger partial charge is 0.441 e. The van der Waals surface area contributed by atoms with Gasteiger partial charge in [-0.2, -0.15) is 0 Å².